The molecule has 9 heteroatoms. The summed E-state index contributed by atoms with van der Waals surface area (Å²) in [5.74, 6) is -0.626. The van der Waals surface area contributed by atoms with E-state index in [1.165, 1.54) is 12.3 Å². The number of amides is 2. The summed E-state index contributed by atoms with van der Waals surface area (Å²) in [6.07, 6.45) is 2.64. The molecular weight excluding hydrogens is 478 g/mol. The highest BCUT2D eigenvalue weighted by Gasteiger charge is 2.29. The lowest BCUT2D eigenvalue weighted by atomic mass is 9.88. The molecule has 0 saturated carbocycles. The molecule has 8 nitrogen and oxygen atoms in total. The molecule has 0 atom stereocenters. The second-order valence-electron chi connectivity index (χ2n) is 8.35. The summed E-state index contributed by atoms with van der Waals surface area (Å²) >= 11 is 6.21. The molecule has 36 heavy (non-hydrogen) atoms. The number of nitrogens with two attached hydrogens (primary N) is 1. The molecule has 1 aliphatic rings. The third kappa shape index (κ3) is 4.18. The lowest BCUT2D eigenvalue weighted by Crippen LogP contribution is -2.19. The average molecular weight is 500 g/mol. The quantitative estimate of drug-likeness (QED) is 0.296. The largest absolute Gasteiger partial charge is 0.508 e. The number of nitrogens with zero attached hydrogens (tertiary/aromatic N) is 2. The monoisotopic (exact) mass is 499 g/mol. The van der Waals surface area contributed by atoms with Gasteiger partial charge in [-0.15, -0.1) is 0 Å². The van der Waals surface area contributed by atoms with Gasteiger partial charge in [-0.05, 0) is 79.2 Å². The molecule has 0 fully saturated rings. The molecule has 4 aromatic rings. The van der Waals surface area contributed by atoms with Crippen LogP contribution in [-0.2, 0) is 12.8 Å². The van der Waals surface area contributed by atoms with Gasteiger partial charge in [0.1, 0.15) is 5.75 Å². The molecule has 0 radical (unpaired) electrons. The first kappa shape index (κ1) is 23.2. The Labute approximate surface area is 212 Å². The van der Waals surface area contributed by atoms with Crippen molar-refractivity contribution in [3.05, 3.63) is 101 Å². The first-order valence-electron chi connectivity index (χ1n) is 11.2. The summed E-state index contributed by atoms with van der Waals surface area (Å²) < 4.78 is 1.69. The third-order valence-corrected chi connectivity index (χ3v) is 6.36. The van der Waals surface area contributed by atoms with E-state index in [1.54, 1.807) is 41.1 Å². The highest BCUT2D eigenvalue weighted by atomic mass is 35.5. The minimum atomic E-state index is -0.388. The van der Waals surface area contributed by atoms with Gasteiger partial charge in [-0.2, -0.15) is 5.10 Å². The van der Waals surface area contributed by atoms with Gasteiger partial charge in [0.25, 0.3) is 11.8 Å². The van der Waals surface area contributed by atoms with E-state index in [9.17, 15) is 14.7 Å². The van der Waals surface area contributed by atoms with Crippen LogP contribution < -0.4 is 16.4 Å². The van der Waals surface area contributed by atoms with Gasteiger partial charge < -0.3 is 21.5 Å². The highest BCUT2D eigenvalue weighted by Crippen LogP contribution is 2.38. The van der Waals surface area contributed by atoms with Crippen molar-refractivity contribution >= 4 is 34.8 Å². The number of nitrogens with one attached hydrogen (secondary N) is 2. The minimum absolute atomic E-state index is 0.120. The van der Waals surface area contributed by atoms with Crippen LogP contribution in [0.4, 0.5) is 11.4 Å². The number of aryl methyl sites for hydroxylation is 1. The number of anilines is 2. The van der Waals surface area contributed by atoms with Crippen LogP contribution in [0.3, 0.4) is 0 Å². The van der Waals surface area contributed by atoms with Crippen molar-refractivity contribution in [2.75, 3.05) is 11.1 Å². The first-order chi connectivity index (χ1) is 17.4. The number of rotatable bonds is 5. The van der Waals surface area contributed by atoms with Crippen molar-refractivity contribution in [2.45, 2.75) is 12.8 Å². The number of carbonyl (C=O) groups is 2. The molecule has 0 spiro atoms. The predicted molar refractivity (Wildman–Crippen MR) is 140 cm³/mol. The molecule has 0 saturated heterocycles. The van der Waals surface area contributed by atoms with Crippen LogP contribution in [0.1, 0.15) is 32.0 Å². The summed E-state index contributed by atoms with van der Waals surface area (Å²) in [6.45, 7) is 3.57. The number of benzene rings is 3. The molecule has 0 aliphatic heterocycles. The number of halogens is 1. The smallest absolute Gasteiger partial charge is 0.275 e. The number of phenols is 1. The van der Waals surface area contributed by atoms with Gasteiger partial charge in [-0.25, -0.2) is 4.68 Å². The van der Waals surface area contributed by atoms with Crippen molar-refractivity contribution < 1.29 is 14.7 Å². The fraction of sp³-hybridized carbons (Fsp3) is 0.0741. The zero-order chi connectivity index (χ0) is 25.4. The number of hydrogen-bond acceptors (Lipinski definition) is 5. The molecule has 2 amide bonds. The van der Waals surface area contributed by atoms with Crippen LogP contribution in [0.5, 0.6) is 5.75 Å². The van der Waals surface area contributed by atoms with Gasteiger partial charge in [0.15, 0.2) is 5.69 Å². The Kier molecular flexibility index (Phi) is 5.95. The molecule has 1 heterocycles. The zero-order valence-corrected chi connectivity index (χ0v) is 19.8. The highest BCUT2D eigenvalue weighted by molar-refractivity contribution is 6.34. The Morgan fingerprint density at radius 3 is 2.58 bits per heavy atom. The van der Waals surface area contributed by atoms with E-state index in [4.69, 9.17) is 17.3 Å². The van der Waals surface area contributed by atoms with Crippen LogP contribution in [0.25, 0.3) is 16.9 Å². The molecule has 1 aromatic heterocycles. The number of aromatic hydroxyl groups is 1. The topological polar surface area (TPSA) is 122 Å². The Morgan fingerprint density at radius 1 is 1.06 bits per heavy atom. The van der Waals surface area contributed by atoms with Gasteiger partial charge in [-0.1, -0.05) is 24.2 Å². The van der Waals surface area contributed by atoms with E-state index in [-0.39, 0.29) is 23.1 Å². The average Bonchev–Trinajstić information content (AvgIpc) is 3.26. The molecule has 1 aliphatic carbocycles. The van der Waals surface area contributed by atoms with E-state index >= 15 is 0 Å². The van der Waals surface area contributed by atoms with Crippen molar-refractivity contribution in [1.29, 1.82) is 0 Å². The maximum atomic E-state index is 12.9. The Hall–Kier alpha value is -4.56. The summed E-state index contributed by atoms with van der Waals surface area (Å²) in [4.78, 5) is 25.7. The van der Waals surface area contributed by atoms with Gasteiger partial charge in [0.2, 0.25) is 0 Å². The van der Waals surface area contributed by atoms with Gasteiger partial charge >= 0.3 is 0 Å². The SMILES string of the molecule is C=CNC(=O)c1nn(-c2ccc(O)cc2)c2c1CCc1ccc(NC(=O)c3cc(N)ccc3Cl)cc1-2. The lowest BCUT2D eigenvalue weighted by molar-refractivity contribution is 0.0963. The number of phenolic OH excluding ortho intramolecular Hbond substituents is 1. The van der Waals surface area contributed by atoms with E-state index in [0.717, 1.165) is 22.4 Å². The Morgan fingerprint density at radius 2 is 1.83 bits per heavy atom. The summed E-state index contributed by atoms with van der Waals surface area (Å²) in [6, 6.07) is 16.9. The van der Waals surface area contributed by atoms with E-state index in [1.807, 2.05) is 18.2 Å². The molecular formula is C27H22ClN5O3. The lowest BCUT2D eigenvalue weighted by Gasteiger charge is -2.20. The molecule has 5 N–H and O–H groups in total. The molecule has 5 rings (SSSR count). The van der Waals surface area contributed by atoms with Crippen LogP contribution in [-0.4, -0.2) is 26.7 Å². The van der Waals surface area contributed by atoms with Crippen molar-refractivity contribution in [3.8, 4) is 22.7 Å². The van der Waals surface area contributed by atoms with Gasteiger partial charge in [0, 0.05) is 22.5 Å². The Balaban J connectivity index is 1.61. The van der Waals surface area contributed by atoms with Crippen molar-refractivity contribution in [2.24, 2.45) is 0 Å². The van der Waals surface area contributed by atoms with Crippen LogP contribution in [0.2, 0.25) is 5.02 Å². The summed E-state index contributed by atoms with van der Waals surface area (Å²) in [5, 5.41) is 20.2. The summed E-state index contributed by atoms with van der Waals surface area (Å²) in [5.41, 5.74) is 11.5. The number of fused-ring (bicyclic) bond motifs is 3. The zero-order valence-electron chi connectivity index (χ0n) is 19.1. The van der Waals surface area contributed by atoms with E-state index in [0.29, 0.717) is 40.6 Å². The van der Waals surface area contributed by atoms with Crippen LogP contribution in [0.15, 0.2) is 73.4 Å². The third-order valence-electron chi connectivity index (χ3n) is 6.03. The number of carbonyl (C=O) groups excluding carboxylic acids is 2. The van der Waals surface area contributed by atoms with Crippen LogP contribution >= 0.6 is 11.6 Å². The normalized spacial score (nSPS) is 11.8. The molecule has 3 aromatic carbocycles. The predicted octanol–water partition coefficient (Wildman–Crippen LogP) is 4.70. The number of aromatic nitrogens is 2. The molecule has 0 bridgehead atoms. The fourth-order valence-corrected chi connectivity index (χ4v) is 4.56. The van der Waals surface area contributed by atoms with E-state index in [2.05, 4.69) is 22.3 Å². The minimum Gasteiger partial charge on any atom is -0.508 e. The van der Waals surface area contributed by atoms with Crippen molar-refractivity contribution in [1.82, 2.24) is 15.1 Å². The fourth-order valence-electron chi connectivity index (χ4n) is 4.36. The van der Waals surface area contributed by atoms with Gasteiger partial charge in [-0.3, -0.25) is 9.59 Å². The standard InChI is InChI=1S/C27H22ClN5O3/c1-2-30-27(36)24-20-11-4-15-3-6-17(31-26(35)22-13-16(29)5-12-23(22)28)14-21(15)25(20)33(32-24)18-7-9-19(34)10-8-18/h2-3,5-10,12-14,34H,1,4,11,29H2,(H,30,36)(H,31,35). The molecule has 0 unspecified atom stereocenters. The first-order valence-corrected chi connectivity index (χ1v) is 11.6. The van der Waals surface area contributed by atoms with E-state index < -0.39 is 0 Å². The van der Waals surface area contributed by atoms with Crippen LogP contribution in [0, 0.1) is 0 Å². The maximum Gasteiger partial charge on any atom is 0.275 e. The number of hydrogen-bond donors (Lipinski definition) is 4. The second kappa shape index (κ2) is 9.24. The van der Waals surface area contributed by atoms with Crippen molar-refractivity contribution in [3.63, 3.8) is 0 Å². The maximum absolute atomic E-state index is 12.9. The van der Waals surface area contributed by atoms with Gasteiger partial charge in [0.05, 0.1) is 22.0 Å². The number of nitrogen functional groups attached to an aromatic ring is 1. The Bertz CT molecular complexity index is 1530. The molecule has 180 valence electrons. The second-order valence-corrected chi connectivity index (χ2v) is 8.75. The summed E-state index contributed by atoms with van der Waals surface area (Å²) in [7, 11) is 0.